The lowest BCUT2D eigenvalue weighted by atomic mass is 9.77. The molecule has 3 amide bonds. The van der Waals surface area contributed by atoms with E-state index in [2.05, 4.69) is 0 Å². The summed E-state index contributed by atoms with van der Waals surface area (Å²) in [6.07, 6.45) is 3.90. The average Bonchev–Trinajstić information content (AvgIpc) is 3.11. The molecule has 1 saturated carbocycles. The molecule has 0 bridgehead atoms. The van der Waals surface area contributed by atoms with Gasteiger partial charge in [-0.25, -0.2) is 0 Å². The fourth-order valence-electron chi connectivity index (χ4n) is 5.86. The van der Waals surface area contributed by atoms with Gasteiger partial charge in [0.25, 0.3) is 11.8 Å². The Morgan fingerprint density at radius 3 is 2.18 bits per heavy atom. The molecule has 0 saturated heterocycles. The van der Waals surface area contributed by atoms with Gasteiger partial charge in [0, 0.05) is 13.1 Å². The van der Waals surface area contributed by atoms with Crippen LogP contribution in [0.3, 0.4) is 0 Å². The van der Waals surface area contributed by atoms with Crippen molar-refractivity contribution in [2.24, 2.45) is 11.8 Å². The number of carboxylic acids is 1. The molecule has 2 aromatic carbocycles. The summed E-state index contributed by atoms with van der Waals surface area (Å²) in [6.45, 7) is 0.702. The van der Waals surface area contributed by atoms with Gasteiger partial charge in [-0.1, -0.05) is 49.2 Å². The Morgan fingerprint density at radius 1 is 0.882 bits per heavy atom. The van der Waals surface area contributed by atoms with Gasteiger partial charge in [-0.15, -0.1) is 0 Å². The fourth-order valence-corrected chi connectivity index (χ4v) is 5.86. The topological polar surface area (TPSA) is 95.0 Å². The number of amides is 3. The van der Waals surface area contributed by atoms with Crippen LogP contribution in [0.1, 0.15) is 70.0 Å². The summed E-state index contributed by atoms with van der Waals surface area (Å²) in [5.41, 5.74) is 2.99. The first-order valence-electron chi connectivity index (χ1n) is 12.0. The molecule has 34 heavy (non-hydrogen) atoms. The van der Waals surface area contributed by atoms with E-state index in [9.17, 15) is 24.3 Å². The van der Waals surface area contributed by atoms with Crippen molar-refractivity contribution in [1.29, 1.82) is 0 Å². The number of fused-ring (bicyclic) bond motifs is 2. The van der Waals surface area contributed by atoms with E-state index in [1.165, 1.54) is 4.90 Å². The van der Waals surface area contributed by atoms with Crippen LogP contribution in [0.15, 0.2) is 48.5 Å². The average molecular weight is 461 g/mol. The highest BCUT2D eigenvalue weighted by atomic mass is 16.4. The minimum Gasteiger partial charge on any atom is -0.481 e. The number of carbonyl (C=O) groups is 4. The maximum atomic E-state index is 13.7. The van der Waals surface area contributed by atoms with Crippen molar-refractivity contribution in [2.45, 2.75) is 44.6 Å². The molecule has 7 nitrogen and oxygen atoms in total. The lowest BCUT2D eigenvalue weighted by Crippen LogP contribution is -2.47. The Bertz CT molecular complexity index is 1120. The summed E-state index contributed by atoms with van der Waals surface area (Å²) in [6, 6.07) is 14.5. The van der Waals surface area contributed by atoms with E-state index in [1.54, 1.807) is 24.3 Å². The van der Waals surface area contributed by atoms with E-state index in [4.69, 9.17) is 0 Å². The van der Waals surface area contributed by atoms with Crippen molar-refractivity contribution in [1.82, 2.24) is 9.80 Å². The quantitative estimate of drug-likeness (QED) is 0.687. The van der Waals surface area contributed by atoms with Gasteiger partial charge in [0.2, 0.25) is 5.91 Å². The Hall–Kier alpha value is -3.48. The molecule has 3 atom stereocenters. The Morgan fingerprint density at radius 2 is 1.50 bits per heavy atom. The minimum atomic E-state index is -0.905. The minimum absolute atomic E-state index is 0.117. The summed E-state index contributed by atoms with van der Waals surface area (Å²) in [5.74, 6) is -2.82. The Kier molecular flexibility index (Phi) is 5.94. The molecule has 0 radical (unpaired) electrons. The summed E-state index contributed by atoms with van der Waals surface area (Å²) < 4.78 is 0. The summed E-state index contributed by atoms with van der Waals surface area (Å²) in [7, 11) is 0. The maximum Gasteiger partial charge on any atom is 0.307 e. The molecule has 176 valence electrons. The first-order valence-corrected chi connectivity index (χ1v) is 12.0. The smallest absolute Gasteiger partial charge is 0.307 e. The van der Waals surface area contributed by atoms with Crippen LogP contribution in [0, 0.1) is 11.8 Å². The van der Waals surface area contributed by atoms with Crippen molar-refractivity contribution in [3.8, 4) is 0 Å². The third-order valence-corrected chi connectivity index (χ3v) is 7.60. The number of hydrogen-bond donors (Lipinski definition) is 1. The maximum absolute atomic E-state index is 13.7. The second kappa shape index (κ2) is 9.05. The number of rotatable bonds is 5. The number of carboxylic acid groups (broad SMARTS) is 1. The van der Waals surface area contributed by atoms with Crippen LogP contribution < -0.4 is 0 Å². The van der Waals surface area contributed by atoms with E-state index in [0.717, 1.165) is 24.0 Å². The van der Waals surface area contributed by atoms with E-state index in [1.807, 2.05) is 29.2 Å². The first kappa shape index (κ1) is 22.3. The lowest BCUT2D eigenvalue weighted by Gasteiger charge is -2.41. The highest BCUT2D eigenvalue weighted by molar-refractivity contribution is 6.21. The zero-order valence-corrected chi connectivity index (χ0v) is 19.0. The molecule has 1 unspecified atom stereocenters. The molecule has 0 spiro atoms. The van der Waals surface area contributed by atoms with Crippen LogP contribution in [-0.4, -0.2) is 51.7 Å². The normalized spacial score (nSPS) is 24.1. The monoisotopic (exact) mass is 460 g/mol. The van der Waals surface area contributed by atoms with Crippen molar-refractivity contribution in [3.05, 3.63) is 70.8 Å². The summed E-state index contributed by atoms with van der Waals surface area (Å²) in [4.78, 5) is 54.4. The van der Waals surface area contributed by atoms with Gasteiger partial charge in [0.05, 0.1) is 29.0 Å². The van der Waals surface area contributed by atoms with Crippen LogP contribution in [0.5, 0.6) is 0 Å². The van der Waals surface area contributed by atoms with E-state index >= 15 is 0 Å². The molecule has 3 aliphatic rings. The van der Waals surface area contributed by atoms with E-state index in [0.29, 0.717) is 43.4 Å². The molecule has 2 heterocycles. The summed E-state index contributed by atoms with van der Waals surface area (Å²) in [5, 5.41) is 9.72. The highest BCUT2D eigenvalue weighted by Crippen LogP contribution is 2.38. The second-order valence-corrected chi connectivity index (χ2v) is 9.43. The third-order valence-electron chi connectivity index (χ3n) is 7.60. The molecule has 2 aliphatic heterocycles. The van der Waals surface area contributed by atoms with Gasteiger partial charge in [-0.05, 0) is 48.9 Å². The van der Waals surface area contributed by atoms with Crippen molar-refractivity contribution >= 4 is 23.7 Å². The molecule has 5 rings (SSSR count). The molecular weight excluding hydrogens is 432 g/mol. The molecule has 0 aromatic heterocycles. The predicted molar refractivity (Wildman–Crippen MR) is 124 cm³/mol. The van der Waals surface area contributed by atoms with Gasteiger partial charge in [-0.3, -0.25) is 24.1 Å². The first-order chi connectivity index (χ1) is 16.5. The fraction of sp³-hybridized carbons (Fsp3) is 0.407. The van der Waals surface area contributed by atoms with Crippen LogP contribution in [0.25, 0.3) is 0 Å². The van der Waals surface area contributed by atoms with Crippen LogP contribution in [0.2, 0.25) is 0 Å². The number of aliphatic carboxylic acids is 1. The number of imide groups is 1. The van der Waals surface area contributed by atoms with Gasteiger partial charge in [0.15, 0.2) is 0 Å². The van der Waals surface area contributed by atoms with E-state index < -0.39 is 17.8 Å². The van der Waals surface area contributed by atoms with Crippen LogP contribution in [0.4, 0.5) is 0 Å². The second-order valence-electron chi connectivity index (χ2n) is 9.43. The highest BCUT2D eigenvalue weighted by Gasteiger charge is 2.42. The van der Waals surface area contributed by atoms with Crippen molar-refractivity contribution in [2.75, 3.05) is 13.1 Å². The van der Waals surface area contributed by atoms with E-state index in [-0.39, 0.29) is 30.3 Å². The number of hydrogen-bond acceptors (Lipinski definition) is 4. The Balaban J connectivity index is 1.41. The number of carbonyl (C=O) groups excluding carboxylic acids is 3. The molecule has 7 heteroatoms. The zero-order chi connectivity index (χ0) is 23.8. The largest absolute Gasteiger partial charge is 0.481 e. The molecule has 2 aromatic rings. The zero-order valence-electron chi connectivity index (χ0n) is 19.0. The lowest BCUT2D eigenvalue weighted by molar-refractivity contribution is -0.153. The molecule has 1 N–H and O–H groups in total. The third kappa shape index (κ3) is 3.79. The predicted octanol–water partition coefficient (Wildman–Crippen LogP) is 3.69. The van der Waals surface area contributed by atoms with Crippen LogP contribution >= 0.6 is 0 Å². The SMILES string of the molecule is O=C(O)[C@H]1CCCC[C@H]1C(=O)N1CCc2ccccc2C1CCN1C(=O)c2ccccc2C1=O. The number of nitrogens with zero attached hydrogens (tertiary/aromatic N) is 2. The standard InChI is InChI=1S/C27H28N2O5/c30-24(21-11-5-6-12-22(21)27(33)34)28-15-13-17-7-1-2-8-18(17)23(28)14-16-29-25(31)19-9-3-4-10-20(19)26(29)32/h1-4,7-10,21-23H,5-6,11-16H2,(H,33,34)/t21-,22+,23?/m1/s1. The van der Waals surface area contributed by atoms with Gasteiger partial charge in [0.1, 0.15) is 0 Å². The summed E-state index contributed by atoms with van der Waals surface area (Å²) >= 11 is 0. The van der Waals surface area contributed by atoms with Gasteiger partial charge in [-0.2, -0.15) is 0 Å². The Labute approximate surface area is 198 Å². The van der Waals surface area contributed by atoms with Crippen molar-refractivity contribution in [3.63, 3.8) is 0 Å². The van der Waals surface area contributed by atoms with Crippen LogP contribution in [-0.2, 0) is 16.0 Å². The molecular formula is C27H28N2O5. The molecule has 1 aliphatic carbocycles. The van der Waals surface area contributed by atoms with Gasteiger partial charge >= 0.3 is 5.97 Å². The molecule has 1 fully saturated rings. The van der Waals surface area contributed by atoms with Gasteiger partial charge < -0.3 is 10.0 Å². The van der Waals surface area contributed by atoms with Crippen molar-refractivity contribution < 1.29 is 24.3 Å². The number of benzene rings is 2.